The Balaban J connectivity index is 1.87. The molecule has 0 radical (unpaired) electrons. The second-order valence-corrected chi connectivity index (χ2v) is 7.71. The van der Waals surface area contributed by atoms with Crippen molar-refractivity contribution in [2.45, 2.75) is 51.7 Å². The van der Waals surface area contributed by atoms with E-state index >= 15 is 0 Å². The molecule has 0 aromatic carbocycles. The summed E-state index contributed by atoms with van der Waals surface area (Å²) in [4.78, 5) is 19.8. The summed E-state index contributed by atoms with van der Waals surface area (Å²) in [5, 5.41) is 0.601. The Bertz CT molecular complexity index is 535. The Morgan fingerprint density at radius 3 is 2.95 bits per heavy atom. The molecule has 2 aliphatic rings. The van der Waals surface area contributed by atoms with Crippen LogP contribution in [0.5, 0.6) is 0 Å². The fourth-order valence-electron chi connectivity index (χ4n) is 3.07. The molecule has 3 rings (SSSR count). The zero-order valence-corrected chi connectivity index (χ0v) is 13.0. The molecule has 1 aliphatic carbocycles. The van der Waals surface area contributed by atoms with Crippen LogP contribution in [0.4, 0.5) is 9.93 Å². The van der Waals surface area contributed by atoms with Crippen molar-refractivity contribution in [3.63, 3.8) is 0 Å². The van der Waals surface area contributed by atoms with E-state index in [9.17, 15) is 4.79 Å². The van der Waals surface area contributed by atoms with Crippen molar-refractivity contribution in [2.75, 3.05) is 12.3 Å². The Morgan fingerprint density at radius 1 is 1.50 bits per heavy atom. The number of thiazole rings is 1. The van der Waals surface area contributed by atoms with Gasteiger partial charge in [-0.25, -0.2) is 9.78 Å². The number of nitrogens with two attached hydrogens (primary N) is 1. The van der Waals surface area contributed by atoms with Crippen molar-refractivity contribution in [1.29, 1.82) is 0 Å². The highest BCUT2D eigenvalue weighted by Gasteiger charge is 2.42. The molecule has 1 amide bonds. The van der Waals surface area contributed by atoms with Crippen LogP contribution in [0.3, 0.4) is 0 Å². The van der Waals surface area contributed by atoms with Crippen LogP contribution in [0.25, 0.3) is 0 Å². The number of hydrogen-bond donors (Lipinski definition) is 1. The van der Waals surface area contributed by atoms with Crippen LogP contribution in [-0.4, -0.2) is 28.1 Å². The second-order valence-electron chi connectivity index (χ2n) is 6.65. The van der Waals surface area contributed by atoms with Gasteiger partial charge in [0.15, 0.2) is 5.13 Å². The monoisotopic (exact) mass is 295 g/mol. The number of nitrogen functional groups attached to an aromatic ring is 1. The van der Waals surface area contributed by atoms with Gasteiger partial charge in [0, 0.05) is 6.54 Å². The first-order chi connectivity index (χ1) is 9.33. The number of likely N-dealkylation sites (tertiary alicyclic amines) is 1. The summed E-state index contributed by atoms with van der Waals surface area (Å²) < 4.78 is 5.53. The number of rotatable bonds is 0. The van der Waals surface area contributed by atoms with Gasteiger partial charge in [-0.3, -0.25) is 4.90 Å². The Labute approximate surface area is 123 Å². The van der Waals surface area contributed by atoms with Gasteiger partial charge in [0.1, 0.15) is 5.60 Å². The van der Waals surface area contributed by atoms with Gasteiger partial charge in [0.25, 0.3) is 0 Å². The number of ether oxygens (including phenoxy) is 1. The van der Waals surface area contributed by atoms with Gasteiger partial charge < -0.3 is 10.5 Å². The minimum Gasteiger partial charge on any atom is -0.444 e. The number of aromatic nitrogens is 1. The van der Waals surface area contributed by atoms with Crippen LogP contribution in [-0.2, 0) is 11.2 Å². The molecule has 1 aromatic heterocycles. The molecule has 0 saturated carbocycles. The number of carbonyl (C=O) groups excluding carboxylic acids is 1. The van der Waals surface area contributed by atoms with E-state index in [1.807, 2.05) is 25.7 Å². The van der Waals surface area contributed by atoms with Gasteiger partial charge in [0.2, 0.25) is 0 Å². The third-order valence-corrected chi connectivity index (χ3v) is 4.88. The van der Waals surface area contributed by atoms with Crippen LogP contribution >= 0.6 is 11.3 Å². The van der Waals surface area contributed by atoms with E-state index in [0.29, 0.717) is 11.0 Å². The summed E-state index contributed by atoms with van der Waals surface area (Å²) in [6.45, 7) is 6.48. The molecule has 2 atom stereocenters. The summed E-state index contributed by atoms with van der Waals surface area (Å²) in [6.07, 6.45) is 2.84. The van der Waals surface area contributed by atoms with E-state index in [-0.39, 0.29) is 12.1 Å². The maximum atomic E-state index is 12.4. The molecule has 2 bridgehead atoms. The highest BCUT2D eigenvalue weighted by Crippen LogP contribution is 2.45. The van der Waals surface area contributed by atoms with E-state index in [1.54, 1.807) is 0 Å². The van der Waals surface area contributed by atoms with Gasteiger partial charge in [-0.2, -0.15) is 0 Å². The molecular formula is C14H21N3O2S. The molecule has 1 fully saturated rings. The molecule has 2 N–H and O–H groups in total. The molecule has 1 saturated heterocycles. The number of anilines is 1. The van der Waals surface area contributed by atoms with E-state index in [0.717, 1.165) is 36.4 Å². The second kappa shape index (κ2) is 4.62. The average molecular weight is 295 g/mol. The number of hydrogen-bond acceptors (Lipinski definition) is 5. The predicted molar refractivity (Wildman–Crippen MR) is 78.6 cm³/mol. The van der Waals surface area contributed by atoms with Crippen molar-refractivity contribution in [1.82, 2.24) is 9.88 Å². The minimum atomic E-state index is -0.459. The maximum absolute atomic E-state index is 12.4. The van der Waals surface area contributed by atoms with Crippen molar-refractivity contribution in [3.05, 3.63) is 10.6 Å². The zero-order chi connectivity index (χ0) is 14.5. The van der Waals surface area contributed by atoms with Gasteiger partial charge in [-0.1, -0.05) is 11.3 Å². The Kier molecular flexibility index (Phi) is 3.16. The van der Waals surface area contributed by atoms with Crippen LogP contribution in [0.15, 0.2) is 0 Å². The lowest BCUT2D eigenvalue weighted by Gasteiger charge is -2.29. The average Bonchev–Trinajstić information content (AvgIpc) is 2.82. The Hall–Kier alpha value is -1.30. The highest BCUT2D eigenvalue weighted by molar-refractivity contribution is 7.15. The van der Waals surface area contributed by atoms with Crippen molar-refractivity contribution < 1.29 is 9.53 Å². The normalized spacial score (nSPS) is 25.2. The number of fused-ring (bicyclic) bond motifs is 4. The van der Waals surface area contributed by atoms with Gasteiger partial charge in [-0.15, -0.1) is 0 Å². The Morgan fingerprint density at radius 2 is 2.25 bits per heavy atom. The number of carbonyl (C=O) groups is 1. The first kappa shape index (κ1) is 13.7. The van der Waals surface area contributed by atoms with Crippen molar-refractivity contribution in [2.24, 2.45) is 5.92 Å². The molecule has 6 heteroatoms. The van der Waals surface area contributed by atoms with Gasteiger partial charge >= 0.3 is 6.09 Å². The third-order valence-electron chi connectivity index (χ3n) is 3.85. The van der Waals surface area contributed by atoms with Gasteiger partial charge in [-0.05, 0) is 46.0 Å². The first-order valence-electron chi connectivity index (χ1n) is 7.08. The van der Waals surface area contributed by atoms with Crippen LogP contribution < -0.4 is 5.73 Å². The largest absolute Gasteiger partial charge is 0.444 e. The molecule has 5 nitrogen and oxygen atoms in total. The molecule has 2 heterocycles. The molecule has 2 unspecified atom stereocenters. The molecule has 0 spiro atoms. The summed E-state index contributed by atoms with van der Waals surface area (Å²) in [7, 11) is 0. The number of aryl methyl sites for hydroxylation is 1. The molecule has 20 heavy (non-hydrogen) atoms. The number of nitrogens with zero attached hydrogens (tertiary/aromatic N) is 2. The third kappa shape index (κ3) is 2.49. The van der Waals surface area contributed by atoms with E-state index in [1.165, 1.54) is 11.3 Å². The molecule has 1 aliphatic heterocycles. The molecule has 1 aromatic rings. The summed E-state index contributed by atoms with van der Waals surface area (Å²) >= 11 is 1.52. The lowest BCUT2D eigenvalue weighted by Crippen LogP contribution is -2.37. The lowest BCUT2D eigenvalue weighted by molar-refractivity contribution is 0.0219. The van der Waals surface area contributed by atoms with Gasteiger partial charge in [0.05, 0.1) is 16.6 Å². The summed E-state index contributed by atoms with van der Waals surface area (Å²) in [5.74, 6) is 0.551. The fourth-order valence-corrected chi connectivity index (χ4v) is 4.07. The first-order valence-corrected chi connectivity index (χ1v) is 7.90. The highest BCUT2D eigenvalue weighted by atomic mass is 32.1. The van der Waals surface area contributed by atoms with Crippen molar-refractivity contribution in [3.8, 4) is 0 Å². The minimum absolute atomic E-state index is 0.0992. The lowest BCUT2D eigenvalue weighted by atomic mass is 10.0. The molecule has 110 valence electrons. The maximum Gasteiger partial charge on any atom is 0.410 e. The van der Waals surface area contributed by atoms with Crippen LogP contribution in [0.1, 0.15) is 50.2 Å². The van der Waals surface area contributed by atoms with E-state index < -0.39 is 5.60 Å². The predicted octanol–water partition coefficient (Wildman–Crippen LogP) is 2.97. The topological polar surface area (TPSA) is 68.5 Å². The zero-order valence-electron chi connectivity index (χ0n) is 12.2. The van der Waals surface area contributed by atoms with E-state index in [4.69, 9.17) is 10.5 Å². The fraction of sp³-hybridized carbons (Fsp3) is 0.714. The smallest absolute Gasteiger partial charge is 0.410 e. The summed E-state index contributed by atoms with van der Waals surface area (Å²) in [6, 6.07) is 0.0992. The number of amides is 1. The molecular weight excluding hydrogens is 274 g/mol. The SMILES string of the molecule is CC(C)(C)OC(=O)N1CC2CCc3nc(N)sc3C1C2. The van der Waals surface area contributed by atoms with Crippen LogP contribution in [0, 0.1) is 5.92 Å². The van der Waals surface area contributed by atoms with E-state index in [2.05, 4.69) is 4.98 Å². The summed E-state index contributed by atoms with van der Waals surface area (Å²) in [5.41, 5.74) is 6.45. The quantitative estimate of drug-likeness (QED) is 0.799. The van der Waals surface area contributed by atoms with Crippen LogP contribution in [0.2, 0.25) is 0 Å². The standard InChI is InChI=1S/C14H21N3O2S/c1-14(2,3)19-13(18)17-7-8-4-5-9-11(10(17)6-8)20-12(15)16-9/h8,10H,4-7H2,1-3H3,(H2,15,16). The van der Waals surface area contributed by atoms with Crippen molar-refractivity contribution >= 4 is 22.6 Å².